The molecule has 0 aliphatic heterocycles. The molecular weight excluding hydrogens is 268 g/mol. The van der Waals surface area contributed by atoms with Gasteiger partial charge in [-0.3, -0.25) is 4.79 Å². The minimum Gasteiger partial charge on any atom is -0.496 e. The SMILES string of the molecule is COc1cc(Cl)ccc1-c1nc2c(=O)[nH]ncc2[nH]1. The highest BCUT2D eigenvalue weighted by molar-refractivity contribution is 6.30. The lowest BCUT2D eigenvalue weighted by molar-refractivity contribution is 0.416. The first-order chi connectivity index (χ1) is 9.19. The van der Waals surface area contributed by atoms with Crippen LogP contribution in [0.1, 0.15) is 0 Å². The van der Waals surface area contributed by atoms with Gasteiger partial charge < -0.3 is 9.72 Å². The van der Waals surface area contributed by atoms with Crippen molar-refractivity contribution in [3.8, 4) is 17.1 Å². The Morgan fingerprint density at radius 3 is 2.95 bits per heavy atom. The Balaban J connectivity index is 2.25. The van der Waals surface area contributed by atoms with E-state index in [2.05, 4.69) is 20.2 Å². The van der Waals surface area contributed by atoms with Crippen LogP contribution < -0.4 is 10.3 Å². The Bertz CT molecular complexity index is 809. The van der Waals surface area contributed by atoms with Crippen LogP contribution in [0.25, 0.3) is 22.4 Å². The first-order valence-corrected chi connectivity index (χ1v) is 5.84. The van der Waals surface area contributed by atoms with Gasteiger partial charge in [-0.25, -0.2) is 10.1 Å². The van der Waals surface area contributed by atoms with E-state index in [9.17, 15) is 4.79 Å². The quantitative estimate of drug-likeness (QED) is 0.749. The molecule has 0 unspecified atom stereocenters. The number of ether oxygens (including phenoxy) is 1. The van der Waals surface area contributed by atoms with Gasteiger partial charge in [-0.1, -0.05) is 11.6 Å². The molecule has 3 rings (SSSR count). The largest absolute Gasteiger partial charge is 0.496 e. The third-order valence-corrected chi connectivity index (χ3v) is 2.96. The summed E-state index contributed by atoms with van der Waals surface area (Å²) < 4.78 is 5.26. The second kappa shape index (κ2) is 4.40. The van der Waals surface area contributed by atoms with Crippen molar-refractivity contribution in [1.29, 1.82) is 0 Å². The fourth-order valence-corrected chi connectivity index (χ4v) is 2.01. The number of benzene rings is 1. The van der Waals surface area contributed by atoms with Crippen LogP contribution >= 0.6 is 11.6 Å². The standard InChI is InChI=1S/C12H9ClN4O2/c1-19-9-4-6(13)2-3-7(9)11-15-8-5-14-17-12(18)10(8)16-11/h2-5H,1H3,(H,15,16)(H,17,18). The van der Waals surface area contributed by atoms with Crippen molar-refractivity contribution in [2.45, 2.75) is 0 Å². The van der Waals surface area contributed by atoms with E-state index in [4.69, 9.17) is 16.3 Å². The molecule has 2 heterocycles. The molecule has 0 amide bonds. The summed E-state index contributed by atoms with van der Waals surface area (Å²) in [6.07, 6.45) is 1.51. The van der Waals surface area contributed by atoms with Gasteiger partial charge in [-0.15, -0.1) is 0 Å². The first kappa shape index (κ1) is 11.7. The van der Waals surface area contributed by atoms with Crippen LogP contribution in [0, 0.1) is 0 Å². The number of halogens is 1. The lowest BCUT2D eigenvalue weighted by Crippen LogP contribution is -2.06. The number of methoxy groups -OCH3 is 1. The predicted molar refractivity (Wildman–Crippen MR) is 71.5 cm³/mol. The zero-order chi connectivity index (χ0) is 13.4. The number of imidazole rings is 1. The molecule has 0 saturated heterocycles. The van der Waals surface area contributed by atoms with Gasteiger partial charge in [0.1, 0.15) is 11.6 Å². The molecule has 1 aromatic carbocycles. The molecule has 0 aliphatic carbocycles. The summed E-state index contributed by atoms with van der Waals surface area (Å²) in [6, 6.07) is 5.20. The molecule has 0 bridgehead atoms. The van der Waals surface area contributed by atoms with Crippen molar-refractivity contribution in [3.63, 3.8) is 0 Å². The normalized spacial score (nSPS) is 10.8. The van der Waals surface area contributed by atoms with Crippen molar-refractivity contribution < 1.29 is 4.74 Å². The fourth-order valence-electron chi connectivity index (χ4n) is 1.85. The summed E-state index contributed by atoms with van der Waals surface area (Å²) in [7, 11) is 1.55. The number of fused-ring (bicyclic) bond motifs is 1. The molecule has 6 nitrogen and oxygen atoms in total. The van der Waals surface area contributed by atoms with Crippen molar-refractivity contribution >= 4 is 22.6 Å². The Labute approximate surface area is 112 Å². The summed E-state index contributed by atoms with van der Waals surface area (Å²) in [5.41, 5.74) is 1.26. The maximum absolute atomic E-state index is 11.6. The van der Waals surface area contributed by atoms with Crippen molar-refractivity contribution in [2.75, 3.05) is 7.11 Å². The lowest BCUT2D eigenvalue weighted by atomic mass is 10.2. The monoisotopic (exact) mass is 276 g/mol. The molecule has 0 spiro atoms. The molecule has 0 fully saturated rings. The summed E-state index contributed by atoms with van der Waals surface area (Å²) in [5, 5.41) is 6.62. The van der Waals surface area contributed by atoms with E-state index >= 15 is 0 Å². The molecule has 0 saturated carbocycles. The fraction of sp³-hybridized carbons (Fsp3) is 0.0833. The van der Waals surface area contributed by atoms with Gasteiger partial charge in [0.15, 0.2) is 5.52 Å². The first-order valence-electron chi connectivity index (χ1n) is 5.46. The van der Waals surface area contributed by atoms with Gasteiger partial charge in [-0.2, -0.15) is 5.10 Å². The highest BCUT2D eigenvalue weighted by Gasteiger charge is 2.12. The van der Waals surface area contributed by atoms with E-state index in [0.29, 0.717) is 27.6 Å². The van der Waals surface area contributed by atoms with Crippen LogP contribution in [-0.2, 0) is 0 Å². The van der Waals surface area contributed by atoms with Crippen LogP contribution in [0.5, 0.6) is 5.75 Å². The Morgan fingerprint density at radius 1 is 1.37 bits per heavy atom. The highest BCUT2D eigenvalue weighted by Crippen LogP contribution is 2.31. The number of rotatable bonds is 2. The van der Waals surface area contributed by atoms with E-state index in [1.54, 1.807) is 25.3 Å². The zero-order valence-electron chi connectivity index (χ0n) is 9.90. The number of nitrogens with one attached hydrogen (secondary N) is 2. The van der Waals surface area contributed by atoms with E-state index < -0.39 is 0 Å². The number of aromatic nitrogens is 4. The second-order valence-electron chi connectivity index (χ2n) is 3.89. The van der Waals surface area contributed by atoms with Gasteiger partial charge in [0.05, 0.1) is 24.4 Å². The maximum atomic E-state index is 11.6. The van der Waals surface area contributed by atoms with Crippen LogP contribution in [0.3, 0.4) is 0 Å². The summed E-state index contributed by atoms with van der Waals surface area (Å²) in [6.45, 7) is 0. The van der Waals surface area contributed by atoms with E-state index in [0.717, 1.165) is 5.56 Å². The van der Waals surface area contributed by atoms with Crippen molar-refractivity contribution in [1.82, 2.24) is 20.2 Å². The molecule has 7 heteroatoms. The van der Waals surface area contributed by atoms with Crippen LogP contribution in [-0.4, -0.2) is 27.3 Å². The van der Waals surface area contributed by atoms with Gasteiger partial charge in [-0.05, 0) is 18.2 Å². The third kappa shape index (κ3) is 1.96. The maximum Gasteiger partial charge on any atom is 0.292 e. The van der Waals surface area contributed by atoms with Crippen molar-refractivity contribution in [2.24, 2.45) is 0 Å². The molecule has 19 heavy (non-hydrogen) atoms. The highest BCUT2D eigenvalue weighted by atomic mass is 35.5. The molecule has 0 atom stereocenters. The predicted octanol–water partition coefficient (Wildman–Crippen LogP) is 1.98. The number of aromatic amines is 2. The Morgan fingerprint density at radius 2 is 2.21 bits per heavy atom. The summed E-state index contributed by atoms with van der Waals surface area (Å²) >= 11 is 5.91. The smallest absolute Gasteiger partial charge is 0.292 e. The molecule has 2 aromatic heterocycles. The topological polar surface area (TPSA) is 83.7 Å². The van der Waals surface area contributed by atoms with E-state index in [1.165, 1.54) is 6.20 Å². The molecule has 3 aromatic rings. The average Bonchev–Trinajstić information content (AvgIpc) is 2.83. The molecule has 96 valence electrons. The van der Waals surface area contributed by atoms with Gasteiger partial charge in [0.25, 0.3) is 5.56 Å². The average molecular weight is 277 g/mol. The van der Waals surface area contributed by atoms with Gasteiger partial charge in [0.2, 0.25) is 0 Å². The number of hydrogen-bond donors (Lipinski definition) is 2. The molecular formula is C12H9ClN4O2. The van der Waals surface area contributed by atoms with Crippen LogP contribution in [0.4, 0.5) is 0 Å². The summed E-state index contributed by atoms with van der Waals surface area (Å²) in [4.78, 5) is 18.9. The molecule has 0 radical (unpaired) electrons. The Kier molecular flexibility index (Phi) is 2.72. The van der Waals surface area contributed by atoms with Crippen LogP contribution in [0.2, 0.25) is 5.02 Å². The minimum atomic E-state index is -0.340. The minimum absolute atomic E-state index is 0.307. The Hall–Kier alpha value is -2.34. The molecule has 2 N–H and O–H groups in total. The number of hydrogen-bond acceptors (Lipinski definition) is 4. The van der Waals surface area contributed by atoms with Gasteiger partial charge >= 0.3 is 0 Å². The summed E-state index contributed by atoms with van der Waals surface area (Å²) in [5.74, 6) is 1.11. The van der Waals surface area contributed by atoms with Crippen molar-refractivity contribution in [3.05, 3.63) is 39.8 Å². The van der Waals surface area contributed by atoms with E-state index in [1.807, 2.05) is 0 Å². The zero-order valence-corrected chi connectivity index (χ0v) is 10.7. The van der Waals surface area contributed by atoms with Gasteiger partial charge in [0, 0.05) is 5.02 Å². The molecule has 0 aliphatic rings. The third-order valence-electron chi connectivity index (χ3n) is 2.73. The second-order valence-corrected chi connectivity index (χ2v) is 4.33. The lowest BCUT2D eigenvalue weighted by Gasteiger charge is -2.05. The number of nitrogens with zero attached hydrogens (tertiary/aromatic N) is 2. The number of H-pyrrole nitrogens is 2. The van der Waals surface area contributed by atoms with E-state index in [-0.39, 0.29) is 5.56 Å². The van der Waals surface area contributed by atoms with Crippen LogP contribution in [0.15, 0.2) is 29.2 Å².